The van der Waals surface area contributed by atoms with Crippen LogP contribution < -0.4 is 47.7 Å². The Labute approximate surface area is 774 Å². The topological polar surface area (TPSA) is 364 Å². The lowest BCUT2D eigenvalue weighted by atomic mass is 9.72. The number of pyridine rings is 4. The van der Waals surface area contributed by atoms with Crippen LogP contribution in [0.1, 0.15) is 121 Å². The minimum Gasteiger partial charge on any atom is -0.495 e. The first-order chi connectivity index (χ1) is 63.4. The second kappa shape index (κ2) is 38.4. The Kier molecular flexibility index (Phi) is 26.5. The van der Waals surface area contributed by atoms with Crippen LogP contribution in [0, 0.1) is 42.9 Å². The Morgan fingerprint density at radius 1 is 0.500 bits per heavy atom. The van der Waals surface area contributed by atoms with E-state index < -0.39 is 62.9 Å². The molecular weight excluding hydrogens is 1760 g/mol. The second-order valence-corrected chi connectivity index (χ2v) is 40.1. The molecular formula is C98H100Cl2N14O16S2. The molecule has 6 aromatic heterocycles. The number of aromatic amines is 2. The number of allylic oxidation sites excluding steroid dienone is 2. The van der Waals surface area contributed by atoms with Crippen molar-refractivity contribution < 1.29 is 64.7 Å². The summed E-state index contributed by atoms with van der Waals surface area (Å²) in [6, 6.07) is 45.2. The molecule has 4 aliphatic heterocycles. The molecule has 18 rings (SSSR count). The fourth-order valence-electron chi connectivity index (χ4n) is 18.2. The van der Waals surface area contributed by atoms with Crippen LogP contribution in [-0.4, -0.2) is 171 Å². The molecule has 30 nitrogen and oxygen atoms in total. The first-order valence-corrected chi connectivity index (χ1v) is 47.5. The molecule has 132 heavy (non-hydrogen) atoms. The number of fused-ring (bicyclic) bond motifs is 4. The largest absolute Gasteiger partial charge is 0.495 e. The van der Waals surface area contributed by atoms with Crippen molar-refractivity contribution in [2.24, 2.45) is 22.7 Å². The molecule has 2 aliphatic carbocycles. The predicted molar refractivity (Wildman–Crippen MR) is 504 cm³/mol. The molecule has 0 saturated carbocycles. The minimum atomic E-state index is -4.66. The molecule has 4 N–H and O–H groups in total. The van der Waals surface area contributed by atoms with Gasteiger partial charge in [-0.05, 0) is 194 Å². The number of nitro groups is 2. The van der Waals surface area contributed by atoms with E-state index in [2.05, 4.69) is 111 Å². The first kappa shape index (κ1) is 90.9. The van der Waals surface area contributed by atoms with Crippen molar-refractivity contribution in [1.29, 1.82) is 0 Å². The Bertz CT molecular complexity index is 6300. The van der Waals surface area contributed by atoms with Crippen molar-refractivity contribution in [2.45, 2.75) is 102 Å². The Morgan fingerprint density at radius 2 is 0.894 bits per heavy atom. The molecule has 12 aromatic rings. The van der Waals surface area contributed by atoms with Gasteiger partial charge in [0.05, 0.1) is 94.1 Å². The molecule has 6 aromatic carbocycles. The maximum atomic E-state index is 14.1. The third kappa shape index (κ3) is 21.1. The van der Waals surface area contributed by atoms with E-state index in [0.29, 0.717) is 73.3 Å². The van der Waals surface area contributed by atoms with E-state index in [1.807, 2.05) is 48.5 Å². The number of sulfonamides is 2. The molecule has 684 valence electrons. The van der Waals surface area contributed by atoms with Gasteiger partial charge in [0.25, 0.3) is 43.2 Å². The number of aromatic nitrogens is 6. The van der Waals surface area contributed by atoms with E-state index >= 15 is 0 Å². The number of ether oxygens (including phenoxy) is 6. The quantitative estimate of drug-likeness (QED) is 0.0289. The van der Waals surface area contributed by atoms with Crippen LogP contribution in [0.15, 0.2) is 216 Å². The van der Waals surface area contributed by atoms with Crippen molar-refractivity contribution in [3.8, 4) is 46.0 Å². The molecule has 1 unspecified atom stereocenters. The van der Waals surface area contributed by atoms with Crippen LogP contribution in [0.4, 0.5) is 22.7 Å². The number of H-pyrrole nitrogens is 2. The van der Waals surface area contributed by atoms with Crippen LogP contribution in [0.25, 0.3) is 33.2 Å². The van der Waals surface area contributed by atoms with Gasteiger partial charge in [0.2, 0.25) is 0 Å². The third-order valence-electron chi connectivity index (χ3n) is 25.5. The van der Waals surface area contributed by atoms with Gasteiger partial charge < -0.3 is 48.2 Å². The van der Waals surface area contributed by atoms with E-state index in [0.717, 1.165) is 134 Å². The fourth-order valence-corrected chi connectivity index (χ4v) is 20.5. The SMILES string of the molecule is COc1ccc(CC2COc3cc(S(=O)(=O)NC(=O)c4ccc(N5CCN(CC6=C(c7ccc(Cl)cc7)CC(C)(C)CC6)CC5)cc4Oc4cnc5[nH]ccc5c4)cc([N+](=O)[O-])c3C2)nc1.COc1ccc(C[C@@H]2COc3cc(S(=O)(=O)NC(=O)c4ccc(N5CCN(CC6=C(c7ccc(Cl)cc7)CC(C)(C)CC6)CC5)cc4Oc4cnc5[nH]ccc5c4)cc([N+](=O)[O-])c3C2)nc1. The number of anilines is 2. The average molecular weight is 1860 g/mol. The average Bonchev–Trinajstić information content (AvgIpc) is 0.834. The molecule has 2 fully saturated rings. The molecule has 0 radical (unpaired) electrons. The Balaban J connectivity index is 0.000000184. The summed E-state index contributed by atoms with van der Waals surface area (Å²) in [5.74, 6) is -0.0234. The van der Waals surface area contributed by atoms with E-state index in [-0.39, 0.29) is 94.0 Å². The second-order valence-electron chi connectivity index (χ2n) is 35.9. The zero-order valence-corrected chi connectivity index (χ0v) is 76.9. The molecule has 10 heterocycles. The summed E-state index contributed by atoms with van der Waals surface area (Å²) < 4.78 is 95.0. The summed E-state index contributed by atoms with van der Waals surface area (Å²) in [4.78, 5) is 83.9. The fraction of sp³-hybridized carbons (Fsp3) is 0.327. The van der Waals surface area contributed by atoms with Crippen LogP contribution >= 0.6 is 23.2 Å². The van der Waals surface area contributed by atoms with Crippen LogP contribution in [0.2, 0.25) is 10.0 Å². The Morgan fingerprint density at radius 3 is 1.27 bits per heavy atom. The van der Waals surface area contributed by atoms with Gasteiger partial charge in [0.15, 0.2) is 0 Å². The molecule has 0 spiro atoms. The molecule has 6 aliphatic rings. The zero-order valence-electron chi connectivity index (χ0n) is 73.8. The van der Waals surface area contributed by atoms with Gasteiger partial charge in [-0.15, -0.1) is 0 Å². The first-order valence-electron chi connectivity index (χ1n) is 43.8. The number of benzene rings is 6. The van der Waals surface area contributed by atoms with Crippen LogP contribution in [0.3, 0.4) is 0 Å². The van der Waals surface area contributed by atoms with Gasteiger partial charge in [-0.2, -0.15) is 0 Å². The number of carbonyl (C=O) groups is 2. The highest BCUT2D eigenvalue weighted by Crippen LogP contribution is 2.48. The lowest BCUT2D eigenvalue weighted by molar-refractivity contribution is -0.386. The predicted octanol–water partition coefficient (Wildman–Crippen LogP) is 18.0. The van der Waals surface area contributed by atoms with Crippen molar-refractivity contribution >= 4 is 111 Å². The number of nitrogens with one attached hydrogen (secondary N) is 4. The number of amides is 2. The van der Waals surface area contributed by atoms with E-state index in [9.17, 15) is 46.7 Å². The number of piperazine rings is 2. The van der Waals surface area contributed by atoms with Gasteiger partial charge in [0, 0.05) is 170 Å². The van der Waals surface area contributed by atoms with E-state index in [1.165, 1.54) is 70.1 Å². The van der Waals surface area contributed by atoms with Gasteiger partial charge >= 0.3 is 0 Å². The highest BCUT2D eigenvalue weighted by molar-refractivity contribution is 7.90. The highest BCUT2D eigenvalue weighted by atomic mass is 35.5. The zero-order chi connectivity index (χ0) is 92.3. The van der Waals surface area contributed by atoms with Gasteiger partial charge in [-0.25, -0.2) is 36.2 Å². The number of methoxy groups -OCH3 is 2. The summed E-state index contributed by atoms with van der Waals surface area (Å²) in [6.07, 6.45) is 17.6. The van der Waals surface area contributed by atoms with Crippen LogP contribution in [-0.2, 0) is 45.7 Å². The summed E-state index contributed by atoms with van der Waals surface area (Å²) >= 11 is 12.5. The number of nitro benzene ring substituents is 2. The number of rotatable bonds is 26. The lowest BCUT2D eigenvalue weighted by Gasteiger charge is -2.39. The van der Waals surface area contributed by atoms with Crippen molar-refractivity contribution in [2.75, 3.05) is 103 Å². The maximum Gasteiger partial charge on any atom is 0.277 e. The van der Waals surface area contributed by atoms with Crippen molar-refractivity contribution in [3.63, 3.8) is 0 Å². The maximum absolute atomic E-state index is 14.1. The standard InChI is InChI=1S/2C49H50ClN7O8S/c2*1-49(2)14-12-34(43(26-49)32-4-6-35(50)7-5-32)29-55-16-18-56(19-17-55)37-9-11-41(46(23-37)65-39-22-33-13-15-51-47(33)53-28-39)48(58)54-66(61,62)40-24-44(57(59)60)42-21-31(30-64-45(42)25-40)20-36-8-10-38(63-3)27-52-36/h2*4-11,13,15,22-25,27-28,31H,12,14,16-21,26,29-30H2,1-3H3,(H,51,53)(H,54,58)/t31-;/m0./s1. The van der Waals surface area contributed by atoms with E-state index in [4.69, 9.17) is 51.6 Å². The smallest absolute Gasteiger partial charge is 0.277 e. The van der Waals surface area contributed by atoms with E-state index in [1.54, 1.807) is 87.5 Å². The molecule has 2 amide bonds. The summed E-state index contributed by atoms with van der Waals surface area (Å²) in [6.45, 7) is 17.5. The monoisotopic (exact) mass is 1860 g/mol. The summed E-state index contributed by atoms with van der Waals surface area (Å²) in [5, 5.41) is 27.8. The van der Waals surface area contributed by atoms with Gasteiger partial charge in [-0.3, -0.25) is 49.6 Å². The van der Waals surface area contributed by atoms with Gasteiger partial charge in [0.1, 0.15) is 57.3 Å². The van der Waals surface area contributed by atoms with Crippen molar-refractivity contribution in [1.82, 2.24) is 49.1 Å². The number of hydrogen-bond acceptors (Lipinski definition) is 24. The summed E-state index contributed by atoms with van der Waals surface area (Å²) in [5.41, 5.74) is 12.6. The number of nitrogens with zero attached hydrogens (tertiary/aromatic N) is 10. The molecule has 34 heteroatoms. The minimum absolute atomic E-state index is 0.0595. The lowest BCUT2D eigenvalue weighted by Crippen LogP contribution is -2.47. The number of halogens is 2. The van der Waals surface area contributed by atoms with Crippen LogP contribution in [0.5, 0.6) is 46.0 Å². The molecule has 2 atom stereocenters. The normalized spacial score (nSPS) is 17.5. The van der Waals surface area contributed by atoms with Crippen molar-refractivity contribution in [3.05, 3.63) is 281 Å². The number of carbonyl (C=O) groups excluding carboxylic acids is 2. The Hall–Kier alpha value is -13.0. The van der Waals surface area contributed by atoms with Gasteiger partial charge in [-0.1, -0.05) is 86.3 Å². The number of hydrogen-bond donors (Lipinski definition) is 4. The third-order valence-corrected chi connectivity index (χ3v) is 28.6. The highest BCUT2D eigenvalue weighted by Gasteiger charge is 2.38. The molecule has 2 saturated heterocycles. The molecule has 0 bridgehead atoms. The summed E-state index contributed by atoms with van der Waals surface area (Å²) in [7, 11) is -6.22.